The van der Waals surface area contributed by atoms with Crippen molar-refractivity contribution in [3.63, 3.8) is 0 Å². The molecule has 1 rings (SSSR count). The van der Waals surface area contributed by atoms with Crippen LogP contribution in [0, 0.1) is 0 Å². The number of hydrogen-bond acceptors (Lipinski definition) is 1. The van der Waals surface area contributed by atoms with Gasteiger partial charge in [-0.05, 0) is 32.4 Å². The molecule has 0 aromatic rings. The number of rotatable bonds is 1. The molecular formula is C10H15N. The average Bonchev–Trinajstić information content (AvgIpc) is 1.94. The van der Waals surface area contributed by atoms with Gasteiger partial charge in [-0.1, -0.05) is 12.7 Å². The summed E-state index contributed by atoms with van der Waals surface area (Å²) < 4.78 is 0. The Hall–Kier alpha value is -0.980. The van der Waals surface area contributed by atoms with E-state index in [4.69, 9.17) is 0 Å². The molecule has 0 N–H and O–H groups in total. The third kappa shape index (κ3) is 1.53. The van der Waals surface area contributed by atoms with Gasteiger partial charge in [-0.25, -0.2) is 0 Å². The maximum Gasteiger partial charge on any atom is 0.0365 e. The molecule has 1 heterocycles. The summed E-state index contributed by atoms with van der Waals surface area (Å²) in [4.78, 5) is 2.18. The molecule has 0 bridgehead atoms. The van der Waals surface area contributed by atoms with Crippen molar-refractivity contribution in [3.05, 3.63) is 36.2 Å². The molecule has 0 atom stereocenters. The Morgan fingerprint density at radius 2 is 2.09 bits per heavy atom. The molecule has 0 saturated heterocycles. The van der Waals surface area contributed by atoms with Crippen molar-refractivity contribution < 1.29 is 0 Å². The van der Waals surface area contributed by atoms with E-state index in [9.17, 15) is 0 Å². The lowest BCUT2D eigenvalue weighted by molar-refractivity contribution is 0.389. The molecule has 0 unspecified atom stereocenters. The summed E-state index contributed by atoms with van der Waals surface area (Å²) in [6, 6.07) is 0.502. The fourth-order valence-corrected chi connectivity index (χ4v) is 1.15. The molecule has 60 valence electrons. The molecule has 0 fully saturated rings. The van der Waals surface area contributed by atoms with E-state index in [0.29, 0.717) is 6.04 Å². The largest absolute Gasteiger partial charge is 0.346 e. The van der Waals surface area contributed by atoms with Crippen LogP contribution in [0.1, 0.15) is 20.8 Å². The van der Waals surface area contributed by atoms with Crippen LogP contribution in [0.3, 0.4) is 0 Å². The van der Waals surface area contributed by atoms with Gasteiger partial charge in [0.25, 0.3) is 0 Å². The summed E-state index contributed by atoms with van der Waals surface area (Å²) in [6.07, 6.45) is 6.21. The first-order valence-electron chi connectivity index (χ1n) is 3.95. The van der Waals surface area contributed by atoms with E-state index in [0.717, 1.165) is 5.70 Å². The van der Waals surface area contributed by atoms with Crippen molar-refractivity contribution in [2.45, 2.75) is 26.8 Å². The molecular weight excluding hydrogens is 134 g/mol. The van der Waals surface area contributed by atoms with Gasteiger partial charge in [0.15, 0.2) is 0 Å². The average molecular weight is 149 g/mol. The summed E-state index contributed by atoms with van der Waals surface area (Å²) >= 11 is 0. The molecule has 0 saturated carbocycles. The van der Waals surface area contributed by atoms with Gasteiger partial charge in [-0.15, -0.1) is 0 Å². The minimum Gasteiger partial charge on any atom is -0.346 e. The van der Waals surface area contributed by atoms with Crippen molar-refractivity contribution in [3.8, 4) is 0 Å². The van der Waals surface area contributed by atoms with Crippen LogP contribution < -0.4 is 0 Å². The minimum atomic E-state index is 0.502. The van der Waals surface area contributed by atoms with Gasteiger partial charge >= 0.3 is 0 Å². The Balaban J connectivity index is 2.82. The lowest BCUT2D eigenvalue weighted by atomic mass is 10.1. The molecule has 1 aliphatic rings. The van der Waals surface area contributed by atoms with Crippen LogP contribution in [0.4, 0.5) is 0 Å². The van der Waals surface area contributed by atoms with Crippen molar-refractivity contribution in [2.24, 2.45) is 0 Å². The van der Waals surface area contributed by atoms with Gasteiger partial charge in [0.1, 0.15) is 0 Å². The smallest absolute Gasteiger partial charge is 0.0365 e. The van der Waals surface area contributed by atoms with Gasteiger partial charge in [0.2, 0.25) is 0 Å². The van der Waals surface area contributed by atoms with Crippen LogP contribution >= 0.6 is 0 Å². The van der Waals surface area contributed by atoms with E-state index in [1.165, 1.54) is 5.57 Å². The molecule has 1 heteroatoms. The quantitative estimate of drug-likeness (QED) is 0.554. The van der Waals surface area contributed by atoms with E-state index in [1.54, 1.807) is 0 Å². The first kappa shape index (κ1) is 8.12. The zero-order valence-corrected chi connectivity index (χ0v) is 7.46. The lowest BCUT2D eigenvalue weighted by Crippen LogP contribution is -2.25. The predicted octanol–water partition coefficient (Wildman–Crippen LogP) is 2.68. The fraction of sp³-hybridized carbons (Fsp3) is 0.400. The Morgan fingerprint density at radius 3 is 2.55 bits per heavy atom. The number of allylic oxidation sites excluding steroid dienone is 3. The zero-order valence-electron chi connectivity index (χ0n) is 7.46. The minimum absolute atomic E-state index is 0.502. The Morgan fingerprint density at radius 1 is 1.45 bits per heavy atom. The first-order valence-corrected chi connectivity index (χ1v) is 3.95. The maximum atomic E-state index is 4.00. The van der Waals surface area contributed by atoms with Crippen molar-refractivity contribution >= 4 is 0 Å². The predicted molar refractivity (Wildman–Crippen MR) is 49.0 cm³/mol. The first-order chi connectivity index (χ1) is 5.13. The molecule has 11 heavy (non-hydrogen) atoms. The lowest BCUT2D eigenvalue weighted by Gasteiger charge is -2.29. The highest BCUT2D eigenvalue weighted by Crippen LogP contribution is 2.20. The second-order valence-electron chi connectivity index (χ2n) is 3.14. The van der Waals surface area contributed by atoms with Gasteiger partial charge in [0, 0.05) is 17.9 Å². The number of hydrogen-bond donors (Lipinski definition) is 0. The molecule has 0 spiro atoms. The summed E-state index contributed by atoms with van der Waals surface area (Å²) in [5.41, 5.74) is 2.36. The van der Waals surface area contributed by atoms with Crippen LogP contribution in [0.15, 0.2) is 36.2 Å². The molecule has 0 radical (unpaired) electrons. The highest BCUT2D eigenvalue weighted by Gasteiger charge is 2.11. The summed E-state index contributed by atoms with van der Waals surface area (Å²) in [7, 11) is 0. The van der Waals surface area contributed by atoms with Gasteiger partial charge in [-0.3, -0.25) is 0 Å². The van der Waals surface area contributed by atoms with Crippen LogP contribution in [0.5, 0.6) is 0 Å². The second-order valence-corrected chi connectivity index (χ2v) is 3.14. The zero-order chi connectivity index (χ0) is 8.43. The van der Waals surface area contributed by atoms with Gasteiger partial charge in [0.05, 0.1) is 0 Å². The van der Waals surface area contributed by atoms with Crippen molar-refractivity contribution in [2.75, 3.05) is 0 Å². The molecule has 0 amide bonds. The monoisotopic (exact) mass is 149 g/mol. The Kier molecular flexibility index (Phi) is 2.18. The van der Waals surface area contributed by atoms with Crippen molar-refractivity contribution in [1.29, 1.82) is 0 Å². The van der Waals surface area contributed by atoms with Crippen LogP contribution in [0.2, 0.25) is 0 Å². The van der Waals surface area contributed by atoms with Crippen LogP contribution in [-0.2, 0) is 0 Å². The normalized spacial score (nSPS) is 17.6. The summed E-state index contributed by atoms with van der Waals surface area (Å²) in [5.74, 6) is 0. The molecule has 0 aromatic carbocycles. The third-order valence-electron chi connectivity index (χ3n) is 1.92. The maximum absolute atomic E-state index is 4.00. The summed E-state index contributed by atoms with van der Waals surface area (Å²) in [5, 5.41) is 0. The highest BCUT2D eigenvalue weighted by atomic mass is 15.1. The van der Waals surface area contributed by atoms with E-state index < -0.39 is 0 Å². The van der Waals surface area contributed by atoms with Gasteiger partial charge < -0.3 is 4.90 Å². The van der Waals surface area contributed by atoms with Crippen LogP contribution in [0.25, 0.3) is 0 Å². The second kappa shape index (κ2) is 2.95. The van der Waals surface area contributed by atoms with E-state index in [1.807, 2.05) is 0 Å². The Labute approximate surface area is 68.7 Å². The standard InChI is InChI=1S/C10H15N/c1-8(2)11-7-5-6-9(3)10(11)4/h5-8H,4H2,1-3H3. The van der Waals surface area contributed by atoms with E-state index >= 15 is 0 Å². The highest BCUT2D eigenvalue weighted by molar-refractivity contribution is 5.34. The van der Waals surface area contributed by atoms with Crippen LogP contribution in [-0.4, -0.2) is 10.9 Å². The topological polar surface area (TPSA) is 3.24 Å². The Bertz CT molecular complexity index is 221. The fourth-order valence-electron chi connectivity index (χ4n) is 1.15. The third-order valence-corrected chi connectivity index (χ3v) is 1.92. The molecule has 1 aliphatic heterocycles. The SMILES string of the molecule is C=C1C(C)=CC=CN1C(C)C. The van der Waals surface area contributed by atoms with E-state index in [2.05, 4.69) is 50.6 Å². The molecule has 1 nitrogen and oxygen atoms in total. The molecule has 0 aromatic heterocycles. The summed E-state index contributed by atoms with van der Waals surface area (Å²) in [6.45, 7) is 10.4. The number of nitrogens with zero attached hydrogens (tertiary/aromatic N) is 1. The van der Waals surface area contributed by atoms with Crippen molar-refractivity contribution in [1.82, 2.24) is 4.90 Å². The molecule has 0 aliphatic carbocycles. The van der Waals surface area contributed by atoms with E-state index in [-0.39, 0.29) is 0 Å². The van der Waals surface area contributed by atoms with Gasteiger partial charge in [-0.2, -0.15) is 0 Å².